The Kier molecular flexibility index (Phi) is 2.99. The van der Waals surface area contributed by atoms with Crippen LogP contribution in [0, 0.1) is 11.8 Å². The van der Waals surface area contributed by atoms with E-state index in [2.05, 4.69) is 0 Å². The van der Waals surface area contributed by atoms with Gasteiger partial charge in [-0.25, -0.2) is 0 Å². The average Bonchev–Trinajstić information content (AvgIpc) is 2.72. The zero-order chi connectivity index (χ0) is 9.97. The van der Waals surface area contributed by atoms with E-state index >= 15 is 0 Å². The molecule has 0 radical (unpaired) electrons. The number of ketones is 2. The molecule has 0 amide bonds. The fourth-order valence-corrected chi connectivity index (χ4v) is 2.79. The van der Waals surface area contributed by atoms with Crippen molar-refractivity contribution in [1.29, 1.82) is 0 Å². The lowest BCUT2D eigenvalue weighted by molar-refractivity contribution is -0.123. The van der Waals surface area contributed by atoms with Gasteiger partial charge in [-0.3, -0.25) is 9.59 Å². The standard InChI is InChI=1S/C12H18O2/c13-11-5-1-3-9(11)7-8-10-4-2-6-12(10)14/h9-10H,1-8H2. The molecule has 2 aliphatic rings. The SMILES string of the molecule is O=C1CCCC1CCC1CCCC1=O. The molecule has 0 N–H and O–H groups in total. The number of rotatable bonds is 3. The van der Waals surface area contributed by atoms with Gasteiger partial charge in [0.15, 0.2) is 0 Å². The van der Waals surface area contributed by atoms with Crippen molar-refractivity contribution in [1.82, 2.24) is 0 Å². The summed E-state index contributed by atoms with van der Waals surface area (Å²) in [5.74, 6) is 1.47. The zero-order valence-electron chi connectivity index (χ0n) is 8.63. The summed E-state index contributed by atoms with van der Waals surface area (Å²) in [7, 11) is 0. The number of Topliss-reactive ketones (excluding diaryl/α,β-unsaturated/α-hetero) is 2. The Morgan fingerprint density at radius 1 is 0.857 bits per heavy atom. The number of carbonyl (C=O) groups excluding carboxylic acids is 2. The smallest absolute Gasteiger partial charge is 0.135 e. The van der Waals surface area contributed by atoms with Crippen molar-refractivity contribution in [3.05, 3.63) is 0 Å². The largest absolute Gasteiger partial charge is 0.299 e. The summed E-state index contributed by atoms with van der Waals surface area (Å²) in [6, 6.07) is 0. The molecule has 78 valence electrons. The van der Waals surface area contributed by atoms with E-state index in [4.69, 9.17) is 0 Å². The molecule has 2 unspecified atom stereocenters. The molecule has 0 saturated heterocycles. The van der Waals surface area contributed by atoms with Crippen molar-refractivity contribution >= 4 is 11.6 Å². The van der Waals surface area contributed by atoms with Crippen LogP contribution in [0.25, 0.3) is 0 Å². The molecule has 2 atom stereocenters. The Morgan fingerprint density at radius 3 is 1.57 bits per heavy atom. The van der Waals surface area contributed by atoms with Crippen LogP contribution in [0.3, 0.4) is 0 Å². The highest BCUT2D eigenvalue weighted by atomic mass is 16.1. The van der Waals surface area contributed by atoms with E-state index in [-0.39, 0.29) is 0 Å². The van der Waals surface area contributed by atoms with Gasteiger partial charge in [-0.15, -0.1) is 0 Å². The molecular weight excluding hydrogens is 176 g/mol. The Balaban J connectivity index is 1.76. The average molecular weight is 194 g/mol. The fraction of sp³-hybridized carbons (Fsp3) is 0.833. The first-order chi connectivity index (χ1) is 6.77. The van der Waals surface area contributed by atoms with E-state index in [9.17, 15) is 9.59 Å². The minimum atomic E-state index is 0.295. The summed E-state index contributed by atoms with van der Waals surface area (Å²) in [6.07, 6.45) is 7.78. The van der Waals surface area contributed by atoms with Crippen LogP contribution in [0.15, 0.2) is 0 Å². The topological polar surface area (TPSA) is 34.1 Å². The maximum absolute atomic E-state index is 11.4. The molecule has 2 nitrogen and oxygen atoms in total. The van der Waals surface area contributed by atoms with Gasteiger partial charge in [0.1, 0.15) is 11.6 Å². The molecule has 2 heteroatoms. The predicted octanol–water partition coefficient (Wildman–Crippen LogP) is 2.51. The third-order valence-electron chi connectivity index (χ3n) is 3.73. The molecule has 0 aromatic heterocycles. The molecule has 14 heavy (non-hydrogen) atoms. The van der Waals surface area contributed by atoms with Crippen LogP contribution in [0.5, 0.6) is 0 Å². The summed E-state index contributed by atoms with van der Waals surface area (Å²) < 4.78 is 0. The van der Waals surface area contributed by atoms with E-state index in [1.54, 1.807) is 0 Å². The van der Waals surface area contributed by atoms with E-state index in [1.165, 1.54) is 0 Å². The van der Waals surface area contributed by atoms with Gasteiger partial charge >= 0.3 is 0 Å². The molecule has 0 bridgehead atoms. The minimum absolute atomic E-state index is 0.295. The van der Waals surface area contributed by atoms with E-state index in [0.717, 1.165) is 51.4 Å². The second-order valence-corrected chi connectivity index (χ2v) is 4.69. The van der Waals surface area contributed by atoms with E-state index in [0.29, 0.717) is 23.4 Å². The Labute approximate surface area is 85.1 Å². The minimum Gasteiger partial charge on any atom is -0.299 e. The maximum Gasteiger partial charge on any atom is 0.135 e. The normalized spacial score (nSPS) is 32.9. The Hall–Kier alpha value is -0.660. The second-order valence-electron chi connectivity index (χ2n) is 4.69. The lowest BCUT2D eigenvalue weighted by atomic mass is 9.93. The zero-order valence-corrected chi connectivity index (χ0v) is 8.63. The van der Waals surface area contributed by atoms with Gasteiger partial charge in [-0.1, -0.05) is 0 Å². The molecule has 0 aliphatic heterocycles. The highest BCUT2D eigenvalue weighted by molar-refractivity contribution is 5.84. The van der Waals surface area contributed by atoms with Crippen LogP contribution in [0.2, 0.25) is 0 Å². The van der Waals surface area contributed by atoms with Crippen LogP contribution in [0.1, 0.15) is 51.4 Å². The lowest BCUT2D eigenvalue weighted by Gasteiger charge is -2.11. The van der Waals surface area contributed by atoms with Crippen molar-refractivity contribution < 1.29 is 9.59 Å². The van der Waals surface area contributed by atoms with Gasteiger partial charge in [-0.2, -0.15) is 0 Å². The first kappa shape index (κ1) is 9.88. The summed E-state index contributed by atoms with van der Waals surface area (Å²) in [6.45, 7) is 0. The van der Waals surface area contributed by atoms with Crippen molar-refractivity contribution in [2.45, 2.75) is 51.4 Å². The molecule has 0 aromatic carbocycles. The first-order valence-electron chi connectivity index (χ1n) is 5.83. The van der Waals surface area contributed by atoms with Crippen LogP contribution in [-0.4, -0.2) is 11.6 Å². The molecule has 2 saturated carbocycles. The molecule has 2 fully saturated rings. The summed E-state index contributed by atoms with van der Waals surface area (Å²) in [5.41, 5.74) is 0. The van der Waals surface area contributed by atoms with Crippen molar-refractivity contribution in [2.24, 2.45) is 11.8 Å². The van der Waals surface area contributed by atoms with Crippen molar-refractivity contribution in [3.8, 4) is 0 Å². The first-order valence-corrected chi connectivity index (χ1v) is 5.83. The quantitative estimate of drug-likeness (QED) is 0.691. The maximum atomic E-state index is 11.4. The Bertz CT molecular complexity index is 219. The number of hydrogen-bond acceptors (Lipinski definition) is 2. The van der Waals surface area contributed by atoms with Crippen molar-refractivity contribution in [3.63, 3.8) is 0 Å². The number of hydrogen-bond donors (Lipinski definition) is 0. The molecule has 0 aromatic rings. The van der Waals surface area contributed by atoms with Crippen LogP contribution >= 0.6 is 0 Å². The molecular formula is C12H18O2. The van der Waals surface area contributed by atoms with Gasteiger partial charge in [-0.05, 0) is 38.5 Å². The third kappa shape index (κ3) is 2.05. The number of carbonyl (C=O) groups is 2. The predicted molar refractivity (Wildman–Crippen MR) is 53.9 cm³/mol. The van der Waals surface area contributed by atoms with Crippen LogP contribution < -0.4 is 0 Å². The molecule has 2 aliphatic carbocycles. The van der Waals surface area contributed by atoms with Crippen molar-refractivity contribution in [2.75, 3.05) is 0 Å². The van der Waals surface area contributed by atoms with E-state index in [1.807, 2.05) is 0 Å². The van der Waals surface area contributed by atoms with E-state index < -0.39 is 0 Å². The highest BCUT2D eigenvalue weighted by Gasteiger charge is 2.28. The van der Waals surface area contributed by atoms with Crippen LogP contribution in [-0.2, 0) is 9.59 Å². The van der Waals surface area contributed by atoms with Gasteiger partial charge in [0.2, 0.25) is 0 Å². The highest BCUT2D eigenvalue weighted by Crippen LogP contribution is 2.31. The second kappa shape index (κ2) is 4.24. The third-order valence-corrected chi connectivity index (χ3v) is 3.73. The monoisotopic (exact) mass is 194 g/mol. The Morgan fingerprint density at radius 2 is 1.29 bits per heavy atom. The van der Waals surface area contributed by atoms with Gasteiger partial charge < -0.3 is 0 Å². The molecule has 0 spiro atoms. The summed E-state index contributed by atoms with van der Waals surface area (Å²) in [5, 5.41) is 0. The van der Waals surface area contributed by atoms with Crippen LogP contribution in [0.4, 0.5) is 0 Å². The lowest BCUT2D eigenvalue weighted by Crippen LogP contribution is -2.11. The summed E-state index contributed by atoms with van der Waals surface area (Å²) in [4.78, 5) is 22.8. The molecule has 0 heterocycles. The summed E-state index contributed by atoms with van der Waals surface area (Å²) >= 11 is 0. The van der Waals surface area contributed by atoms with Gasteiger partial charge in [0.05, 0.1) is 0 Å². The fourth-order valence-electron chi connectivity index (χ4n) is 2.79. The van der Waals surface area contributed by atoms with Gasteiger partial charge in [0, 0.05) is 24.7 Å². The molecule has 2 rings (SSSR count). The van der Waals surface area contributed by atoms with Gasteiger partial charge in [0.25, 0.3) is 0 Å².